The van der Waals surface area contributed by atoms with Gasteiger partial charge in [-0.15, -0.1) is 0 Å². The lowest BCUT2D eigenvalue weighted by Crippen LogP contribution is -2.49. The Balaban J connectivity index is 1.92. The minimum absolute atomic E-state index is 0.172. The summed E-state index contributed by atoms with van der Waals surface area (Å²) in [6.07, 6.45) is -0.223. The van der Waals surface area contributed by atoms with Gasteiger partial charge in [0.15, 0.2) is 0 Å². The van der Waals surface area contributed by atoms with E-state index in [-0.39, 0.29) is 18.3 Å². The Kier molecular flexibility index (Phi) is 3.42. The number of hydrogen-bond acceptors (Lipinski definition) is 5. The van der Waals surface area contributed by atoms with E-state index in [2.05, 4.69) is 0 Å². The van der Waals surface area contributed by atoms with Crippen molar-refractivity contribution in [3.8, 4) is 0 Å². The number of rotatable bonds is 0. The van der Waals surface area contributed by atoms with E-state index in [0.29, 0.717) is 19.5 Å². The molecule has 2 unspecified atom stereocenters. The summed E-state index contributed by atoms with van der Waals surface area (Å²) < 4.78 is 26.5. The van der Waals surface area contributed by atoms with Crippen molar-refractivity contribution in [2.45, 2.75) is 45.0 Å². The van der Waals surface area contributed by atoms with Crippen LogP contribution in [0.1, 0.15) is 27.2 Å². The molecule has 6 nitrogen and oxygen atoms in total. The monoisotopic (exact) mass is 263 g/mol. The van der Waals surface area contributed by atoms with Crippen molar-refractivity contribution >= 4 is 17.5 Å². The highest BCUT2D eigenvalue weighted by molar-refractivity contribution is 7.75. The van der Waals surface area contributed by atoms with Crippen LogP contribution in [-0.4, -0.2) is 46.1 Å². The van der Waals surface area contributed by atoms with Crippen LogP contribution in [0.5, 0.6) is 0 Å². The third-order valence-electron chi connectivity index (χ3n) is 2.55. The highest BCUT2D eigenvalue weighted by Crippen LogP contribution is 2.26. The maximum atomic E-state index is 11.8. The van der Waals surface area contributed by atoms with Gasteiger partial charge in [-0.3, -0.25) is 8.37 Å². The maximum Gasteiger partial charge on any atom is 0.410 e. The number of nitrogens with zero attached hydrogens (tertiary/aromatic N) is 1. The first-order valence-corrected chi connectivity index (χ1v) is 6.59. The van der Waals surface area contributed by atoms with Gasteiger partial charge in [0.2, 0.25) is 0 Å². The van der Waals surface area contributed by atoms with Crippen LogP contribution in [0.4, 0.5) is 4.79 Å². The number of amides is 1. The molecule has 7 heteroatoms. The van der Waals surface area contributed by atoms with Crippen LogP contribution in [0.15, 0.2) is 0 Å². The van der Waals surface area contributed by atoms with Crippen molar-refractivity contribution < 1.29 is 22.1 Å². The lowest BCUT2D eigenvalue weighted by molar-refractivity contribution is -0.000737. The van der Waals surface area contributed by atoms with Gasteiger partial charge in [0.1, 0.15) is 17.8 Å². The summed E-state index contributed by atoms with van der Waals surface area (Å²) in [5.41, 5.74) is -0.510. The summed E-state index contributed by atoms with van der Waals surface area (Å²) in [4.78, 5) is 13.4. The lowest BCUT2D eigenvalue weighted by atomic mass is 10.1. The van der Waals surface area contributed by atoms with E-state index in [4.69, 9.17) is 13.1 Å². The molecule has 2 fully saturated rings. The summed E-state index contributed by atoms with van der Waals surface area (Å²) in [5, 5.41) is 0. The summed E-state index contributed by atoms with van der Waals surface area (Å²) in [6.45, 7) is 6.37. The largest absolute Gasteiger partial charge is 0.444 e. The van der Waals surface area contributed by atoms with Gasteiger partial charge in [0, 0.05) is 6.54 Å². The summed E-state index contributed by atoms with van der Waals surface area (Å²) >= 11 is -1.67. The molecular weight excluding hydrogens is 246 g/mol. The van der Waals surface area contributed by atoms with Gasteiger partial charge in [0.05, 0.1) is 6.54 Å². The smallest absolute Gasteiger partial charge is 0.410 e. The molecule has 2 rings (SSSR count). The predicted molar refractivity (Wildman–Crippen MR) is 60.3 cm³/mol. The Bertz CT molecular complexity index is 340. The number of carbonyl (C=O) groups excluding carboxylic acids is 1. The lowest BCUT2D eigenvalue weighted by Gasteiger charge is -2.33. The average Bonchev–Trinajstić information content (AvgIpc) is 2.53. The van der Waals surface area contributed by atoms with Crippen molar-refractivity contribution in [1.82, 2.24) is 4.90 Å². The minimum atomic E-state index is -1.67. The molecule has 0 saturated carbocycles. The molecular formula is C10H17NO5S. The fraction of sp³-hybridized carbons (Fsp3) is 0.900. The molecule has 0 aromatic carbocycles. The quantitative estimate of drug-likeness (QED) is 0.652. The number of ether oxygens (including phenoxy) is 1. The van der Waals surface area contributed by atoms with Crippen LogP contribution in [0.3, 0.4) is 0 Å². The maximum absolute atomic E-state index is 11.8. The predicted octanol–water partition coefficient (Wildman–Crippen LogP) is 0.990. The van der Waals surface area contributed by atoms with E-state index >= 15 is 0 Å². The first-order chi connectivity index (χ1) is 7.85. The van der Waals surface area contributed by atoms with Gasteiger partial charge in [-0.05, 0) is 27.2 Å². The molecule has 0 bridgehead atoms. The Morgan fingerprint density at radius 3 is 2.65 bits per heavy atom. The van der Waals surface area contributed by atoms with Crippen LogP contribution < -0.4 is 0 Å². The van der Waals surface area contributed by atoms with E-state index in [1.165, 1.54) is 0 Å². The zero-order chi connectivity index (χ0) is 12.6. The van der Waals surface area contributed by atoms with Gasteiger partial charge in [-0.2, -0.15) is 4.21 Å². The van der Waals surface area contributed by atoms with Crippen molar-refractivity contribution in [1.29, 1.82) is 0 Å². The molecule has 0 aromatic rings. The molecule has 17 heavy (non-hydrogen) atoms. The zero-order valence-corrected chi connectivity index (χ0v) is 11.0. The molecule has 1 amide bonds. The molecule has 0 aliphatic carbocycles. The highest BCUT2D eigenvalue weighted by atomic mass is 32.2. The second kappa shape index (κ2) is 4.55. The van der Waals surface area contributed by atoms with E-state index < -0.39 is 17.0 Å². The van der Waals surface area contributed by atoms with E-state index in [0.717, 1.165) is 0 Å². The fourth-order valence-corrected chi connectivity index (χ4v) is 2.67. The molecule has 2 aliphatic heterocycles. The molecule has 0 N–H and O–H groups in total. The van der Waals surface area contributed by atoms with Crippen LogP contribution in [0.2, 0.25) is 0 Å². The first-order valence-electron chi connectivity index (χ1n) is 5.59. The van der Waals surface area contributed by atoms with E-state index in [1.807, 2.05) is 20.8 Å². The topological polar surface area (TPSA) is 65.1 Å². The zero-order valence-electron chi connectivity index (χ0n) is 10.2. The summed E-state index contributed by atoms with van der Waals surface area (Å²) in [6, 6.07) is 0. The van der Waals surface area contributed by atoms with Crippen molar-refractivity contribution in [3.63, 3.8) is 0 Å². The Morgan fingerprint density at radius 1 is 1.35 bits per heavy atom. The number of likely N-dealkylation sites (tertiary alicyclic amines) is 1. The van der Waals surface area contributed by atoms with Gasteiger partial charge >= 0.3 is 17.5 Å². The highest BCUT2D eigenvalue weighted by Gasteiger charge is 2.41. The second-order valence-corrected chi connectivity index (χ2v) is 5.98. The Labute approximate surface area is 103 Å². The third-order valence-corrected chi connectivity index (χ3v) is 3.36. The van der Waals surface area contributed by atoms with Gasteiger partial charge in [0.25, 0.3) is 0 Å². The average molecular weight is 263 g/mol. The third kappa shape index (κ3) is 3.17. The first kappa shape index (κ1) is 12.8. The molecule has 0 spiro atoms. The van der Waals surface area contributed by atoms with E-state index in [9.17, 15) is 9.00 Å². The van der Waals surface area contributed by atoms with Crippen LogP contribution in [0.25, 0.3) is 0 Å². The Hall–Kier alpha value is -0.660. The molecule has 2 heterocycles. The fourth-order valence-electron chi connectivity index (χ4n) is 1.81. The number of hydrogen-bond donors (Lipinski definition) is 0. The van der Waals surface area contributed by atoms with Crippen LogP contribution >= 0.6 is 0 Å². The SMILES string of the molecule is CC(C)(C)OC(=O)N1CCC2OS(=O)O[C@H]2C1. The number of carbonyl (C=O) groups is 1. The van der Waals surface area contributed by atoms with Gasteiger partial charge in [-0.25, -0.2) is 4.79 Å². The molecule has 3 atom stereocenters. The Morgan fingerprint density at radius 2 is 2.00 bits per heavy atom. The summed E-state index contributed by atoms with van der Waals surface area (Å²) in [7, 11) is 0. The molecule has 2 aliphatic rings. The standard InChI is InChI=1S/C10H17NO5S/c1-10(2,3)14-9(12)11-5-4-7-8(6-11)16-17(13)15-7/h7-8H,4-6H2,1-3H3/t7?,8-,17?/m0/s1. The minimum Gasteiger partial charge on any atom is -0.444 e. The van der Waals surface area contributed by atoms with Crippen molar-refractivity contribution in [2.24, 2.45) is 0 Å². The molecule has 0 aromatic heterocycles. The number of piperidine rings is 1. The van der Waals surface area contributed by atoms with Crippen LogP contribution in [0, 0.1) is 0 Å². The number of fused-ring (bicyclic) bond motifs is 1. The molecule has 98 valence electrons. The normalized spacial score (nSPS) is 33.4. The van der Waals surface area contributed by atoms with Crippen molar-refractivity contribution in [3.05, 3.63) is 0 Å². The van der Waals surface area contributed by atoms with Gasteiger partial charge < -0.3 is 9.64 Å². The second-order valence-electron chi connectivity index (χ2n) is 5.19. The van der Waals surface area contributed by atoms with E-state index in [1.54, 1.807) is 4.90 Å². The summed E-state index contributed by atoms with van der Waals surface area (Å²) in [5.74, 6) is 0. The van der Waals surface area contributed by atoms with Crippen LogP contribution in [-0.2, 0) is 24.5 Å². The molecule has 2 saturated heterocycles. The van der Waals surface area contributed by atoms with Crippen molar-refractivity contribution in [2.75, 3.05) is 13.1 Å². The molecule has 0 radical (unpaired) electrons. The van der Waals surface area contributed by atoms with Gasteiger partial charge in [-0.1, -0.05) is 0 Å².